The SMILES string of the molecule is COC(=O)C1=C(C(=O)OC)N(c2cc(C)c(Cl)c(C)c2)C(N)=C(C#N)C1c1ccccc1. The zero-order chi connectivity index (χ0) is 23.6. The van der Waals surface area contributed by atoms with Crippen LogP contribution in [-0.4, -0.2) is 26.2 Å². The molecule has 0 radical (unpaired) electrons. The molecule has 2 aromatic rings. The van der Waals surface area contributed by atoms with Crippen molar-refractivity contribution in [2.24, 2.45) is 5.73 Å². The summed E-state index contributed by atoms with van der Waals surface area (Å²) in [7, 11) is 2.42. The minimum atomic E-state index is -0.909. The van der Waals surface area contributed by atoms with Crippen LogP contribution in [0.1, 0.15) is 22.6 Å². The van der Waals surface area contributed by atoms with Crippen LogP contribution in [-0.2, 0) is 19.1 Å². The van der Waals surface area contributed by atoms with Gasteiger partial charge in [0.25, 0.3) is 0 Å². The fourth-order valence-corrected chi connectivity index (χ4v) is 3.94. The molecule has 1 unspecified atom stereocenters. The summed E-state index contributed by atoms with van der Waals surface area (Å²) in [6.07, 6.45) is 0. The van der Waals surface area contributed by atoms with Crippen molar-refractivity contribution in [3.63, 3.8) is 0 Å². The van der Waals surface area contributed by atoms with E-state index in [0.717, 1.165) is 11.1 Å². The summed E-state index contributed by atoms with van der Waals surface area (Å²) in [6.45, 7) is 3.62. The van der Waals surface area contributed by atoms with Crippen molar-refractivity contribution in [1.82, 2.24) is 0 Å². The number of allylic oxidation sites excluding steroid dienone is 1. The Hall–Kier alpha value is -3.76. The van der Waals surface area contributed by atoms with Crippen molar-refractivity contribution >= 4 is 29.2 Å². The third-order valence-corrected chi connectivity index (χ3v) is 5.89. The number of carbonyl (C=O) groups excluding carboxylic acids is 2. The lowest BCUT2D eigenvalue weighted by Crippen LogP contribution is -2.40. The zero-order valence-corrected chi connectivity index (χ0v) is 18.9. The van der Waals surface area contributed by atoms with Crippen molar-refractivity contribution in [1.29, 1.82) is 5.26 Å². The van der Waals surface area contributed by atoms with Gasteiger partial charge in [-0.05, 0) is 42.7 Å². The largest absolute Gasteiger partial charge is 0.466 e. The van der Waals surface area contributed by atoms with Gasteiger partial charge in [-0.2, -0.15) is 5.26 Å². The van der Waals surface area contributed by atoms with Gasteiger partial charge in [0.05, 0.1) is 37.4 Å². The van der Waals surface area contributed by atoms with Crippen molar-refractivity contribution in [2.45, 2.75) is 19.8 Å². The molecule has 0 bridgehead atoms. The van der Waals surface area contributed by atoms with E-state index in [2.05, 4.69) is 6.07 Å². The highest BCUT2D eigenvalue weighted by atomic mass is 35.5. The third-order valence-electron chi connectivity index (χ3n) is 5.29. The Morgan fingerprint density at radius 3 is 2.12 bits per heavy atom. The molecule has 0 amide bonds. The first kappa shape index (κ1) is 22.9. The highest BCUT2D eigenvalue weighted by Gasteiger charge is 2.43. The predicted octanol–water partition coefficient (Wildman–Crippen LogP) is 3.85. The number of ether oxygens (including phenoxy) is 2. The number of aryl methyl sites for hydroxylation is 2. The number of anilines is 1. The maximum Gasteiger partial charge on any atom is 0.355 e. The van der Waals surface area contributed by atoms with Crippen LogP contribution in [0.2, 0.25) is 5.02 Å². The molecule has 0 saturated carbocycles. The molecule has 3 rings (SSSR count). The molecule has 8 heteroatoms. The van der Waals surface area contributed by atoms with Crippen LogP contribution in [0.15, 0.2) is 65.1 Å². The first-order valence-corrected chi connectivity index (χ1v) is 10.1. The monoisotopic (exact) mass is 451 g/mol. The van der Waals surface area contributed by atoms with Crippen molar-refractivity contribution in [3.05, 3.63) is 86.8 Å². The summed E-state index contributed by atoms with van der Waals surface area (Å²) in [6, 6.07) is 14.4. The average Bonchev–Trinajstić information content (AvgIpc) is 2.80. The van der Waals surface area contributed by atoms with Gasteiger partial charge in [-0.3, -0.25) is 4.90 Å². The molecule has 0 fully saturated rings. The van der Waals surface area contributed by atoms with Crippen molar-refractivity contribution in [2.75, 3.05) is 19.1 Å². The van der Waals surface area contributed by atoms with Crippen molar-refractivity contribution in [3.8, 4) is 6.07 Å². The minimum absolute atomic E-state index is 0.00975. The fraction of sp³-hybridized carbons (Fsp3) is 0.208. The first-order valence-electron chi connectivity index (χ1n) is 9.69. The Balaban J connectivity index is 2.44. The number of methoxy groups -OCH3 is 2. The molecular weight excluding hydrogens is 430 g/mol. The molecule has 0 aromatic heterocycles. The number of halogens is 1. The lowest BCUT2D eigenvalue weighted by molar-refractivity contribution is -0.139. The summed E-state index contributed by atoms with van der Waals surface area (Å²) >= 11 is 6.32. The predicted molar refractivity (Wildman–Crippen MR) is 120 cm³/mol. The van der Waals surface area contributed by atoms with Gasteiger partial charge in [0, 0.05) is 10.7 Å². The molecule has 1 atom stereocenters. The van der Waals surface area contributed by atoms with E-state index in [4.69, 9.17) is 26.8 Å². The molecule has 1 heterocycles. The Morgan fingerprint density at radius 1 is 1.06 bits per heavy atom. The van der Waals surface area contributed by atoms with Crippen LogP contribution < -0.4 is 10.6 Å². The summed E-state index contributed by atoms with van der Waals surface area (Å²) in [5.74, 6) is -2.47. The van der Waals surface area contributed by atoms with E-state index in [0.29, 0.717) is 16.3 Å². The summed E-state index contributed by atoms with van der Waals surface area (Å²) in [5.41, 5.74) is 8.97. The van der Waals surface area contributed by atoms with Crippen LogP contribution >= 0.6 is 11.6 Å². The van der Waals surface area contributed by atoms with E-state index in [1.54, 1.807) is 42.5 Å². The number of hydrogen-bond acceptors (Lipinski definition) is 7. The Labute approximate surface area is 191 Å². The molecule has 32 heavy (non-hydrogen) atoms. The number of nitrogens with zero attached hydrogens (tertiary/aromatic N) is 2. The highest BCUT2D eigenvalue weighted by molar-refractivity contribution is 6.32. The van der Waals surface area contributed by atoms with E-state index in [-0.39, 0.29) is 22.7 Å². The number of benzene rings is 2. The second-order valence-electron chi connectivity index (χ2n) is 7.23. The van der Waals surface area contributed by atoms with E-state index < -0.39 is 17.9 Å². The number of carbonyl (C=O) groups is 2. The lowest BCUT2D eigenvalue weighted by Gasteiger charge is -2.36. The molecule has 1 aliphatic heterocycles. The maximum atomic E-state index is 13.0. The third kappa shape index (κ3) is 3.81. The van der Waals surface area contributed by atoms with Crippen LogP contribution in [0.3, 0.4) is 0 Å². The lowest BCUT2D eigenvalue weighted by atomic mass is 9.81. The van der Waals surface area contributed by atoms with Gasteiger partial charge in [-0.1, -0.05) is 41.9 Å². The Morgan fingerprint density at radius 2 is 1.62 bits per heavy atom. The number of nitrogens with two attached hydrogens (primary N) is 1. The van der Waals surface area contributed by atoms with Gasteiger partial charge in [-0.25, -0.2) is 9.59 Å². The second kappa shape index (κ2) is 9.16. The molecule has 1 aliphatic rings. The number of esters is 2. The van der Waals surface area contributed by atoms with Gasteiger partial charge < -0.3 is 15.2 Å². The van der Waals surface area contributed by atoms with E-state index >= 15 is 0 Å². The normalized spacial score (nSPS) is 16.0. The number of rotatable bonds is 4. The number of nitriles is 1. The van der Waals surface area contributed by atoms with Crippen LogP contribution in [0.5, 0.6) is 0 Å². The van der Waals surface area contributed by atoms with Gasteiger partial charge in [0.15, 0.2) is 0 Å². The zero-order valence-electron chi connectivity index (χ0n) is 18.1. The molecular formula is C24H22ClN3O4. The molecule has 0 saturated heterocycles. The highest BCUT2D eigenvalue weighted by Crippen LogP contribution is 2.43. The fourth-order valence-electron chi connectivity index (χ4n) is 3.83. The quantitative estimate of drug-likeness (QED) is 0.703. The summed E-state index contributed by atoms with van der Waals surface area (Å²) < 4.78 is 10.0. The van der Waals surface area contributed by atoms with E-state index in [1.807, 2.05) is 13.8 Å². The molecule has 2 aromatic carbocycles. The van der Waals surface area contributed by atoms with Gasteiger partial charge in [-0.15, -0.1) is 0 Å². The topological polar surface area (TPSA) is 106 Å². The van der Waals surface area contributed by atoms with Crippen LogP contribution in [0, 0.1) is 25.2 Å². The molecule has 7 nitrogen and oxygen atoms in total. The van der Waals surface area contributed by atoms with Gasteiger partial charge in [0.1, 0.15) is 11.5 Å². The average molecular weight is 452 g/mol. The molecule has 0 aliphatic carbocycles. The van der Waals surface area contributed by atoms with Crippen LogP contribution in [0.4, 0.5) is 5.69 Å². The smallest absolute Gasteiger partial charge is 0.355 e. The Kier molecular flexibility index (Phi) is 6.56. The molecule has 0 spiro atoms. The van der Waals surface area contributed by atoms with Crippen molar-refractivity contribution < 1.29 is 19.1 Å². The minimum Gasteiger partial charge on any atom is -0.466 e. The van der Waals surface area contributed by atoms with E-state index in [9.17, 15) is 14.9 Å². The molecule has 2 N–H and O–H groups in total. The van der Waals surface area contributed by atoms with Gasteiger partial charge in [0.2, 0.25) is 0 Å². The maximum absolute atomic E-state index is 13.0. The first-order chi connectivity index (χ1) is 15.3. The number of hydrogen-bond donors (Lipinski definition) is 1. The standard InChI is InChI=1S/C24H22ClN3O4/c1-13-10-16(11-14(2)20(13)25)28-21(24(30)32-4)19(23(29)31-3)18(17(12-26)22(28)27)15-8-6-5-7-9-15/h5-11,18H,27H2,1-4H3. The van der Waals surface area contributed by atoms with E-state index in [1.165, 1.54) is 19.1 Å². The van der Waals surface area contributed by atoms with Crippen LogP contribution in [0.25, 0.3) is 0 Å². The summed E-state index contributed by atoms with van der Waals surface area (Å²) in [4.78, 5) is 27.4. The molecule has 164 valence electrons. The summed E-state index contributed by atoms with van der Waals surface area (Å²) in [5, 5.41) is 10.6. The Bertz CT molecular complexity index is 1170. The van der Waals surface area contributed by atoms with Gasteiger partial charge >= 0.3 is 11.9 Å². The second-order valence-corrected chi connectivity index (χ2v) is 7.61.